The Balaban J connectivity index is 0.0000000959. The largest absolute Gasteiger partial charge is 0.376 e. The fourth-order valence-corrected chi connectivity index (χ4v) is 28.5. The van der Waals surface area contributed by atoms with E-state index in [0.29, 0.717) is 0 Å². The minimum atomic E-state index is 0.0620. The van der Waals surface area contributed by atoms with Gasteiger partial charge in [0, 0.05) is 167 Å². The third-order valence-electron chi connectivity index (χ3n) is 30.5. The lowest BCUT2D eigenvalue weighted by molar-refractivity contribution is 1.18. The maximum absolute atomic E-state index is 2.65. The van der Waals surface area contributed by atoms with Crippen LogP contribution in [0.2, 0.25) is 0 Å². The van der Waals surface area contributed by atoms with E-state index in [-0.39, 0.29) is 20.5 Å². The van der Waals surface area contributed by atoms with Crippen LogP contribution in [-0.4, -0.2) is 34.2 Å². The smallest absolute Gasteiger partial charge is 0.329 e. The lowest BCUT2D eigenvalue weighted by Crippen LogP contribution is -2.59. The zero-order chi connectivity index (χ0) is 89.8. The highest BCUT2D eigenvalue weighted by Gasteiger charge is 2.47. The highest BCUT2D eigenvalue weighted by atomic mass is 32.1. The standard InChI is InChI=1S/3C42H25BN2S/c1-2-12-26(13-3-1)44-36-22-23-37-41(42(36)32-25-40-31(24-38(32)44)29-16-7-11-21-39(29)46-40)30-17-5-9-19-34(30)43-33-18-8-4-14-27(33)28-15-6-10-20-35(28)45(37)43;1-2-12-26(13-3-1)44-38-23-34-30-17-7-11-21-41(30)46-42(34)24-33(38)32-22-31-28-15-5-9-19-36(28)43-35-18-8-4-14-27(35)29-16-6-10-20-37(29)45(43)40(31)25-39(32)44;1-2-12-26(13-3-1)44-39-32(33-24-25-34-30-17-7-11-21-38(30)46-42(34)41(33)44)23-22-31-28-15-5-9-19-36(28)43-35-18-8-4-14-27(35)29-16-6-10-20-37(29)45(43)40(31)39/h3*1-25H. The number of fused-ring (bicyclic) bond motifs is 54. The predicted octanol–water partition coefficient (Wildman–Crippen LogP) is 30.2. The third kappa shape index (κ3) is 10.7. The molecule has 0 saturated carbocycles. The molecule has 33 rings (SSSR count). The van der Waals surface area contributed by atoms with E-state index in [1.54, 1.807) is 0 Å². The minimum absolute atomic E-state index is 0.0620. The average Bonchev–Trinajstić information content (AvgIpc) is 1.44. The maximum atomic E-state index is 2.65. The molecule has 0 N–H and O–H groups in total. The summed E-state index contributed by atoms with van der Waals surface area (Å²) < 4.78 is 15.5. The van der Waals surface area contributed by atoms with Gasteiger partial charge in [-0.3, -0.25) is 0 Å². The van der Waals surface area contributed by atoms with Gasteiger partial charge in [-0.25, -0.2) is 0 Å². The van der Waals surface area contributed by atoms with Crippen molar-refractivity contribution in [1.29, 1.82) is 0 Å². The first-order chi connectivity index (χ1) is 68.5. The number of para-hydroxylation sites is 6. The van der Waals surface area contributed by atoms with E-state index in [9.17, 15) is 0 Å². The molecule has 0 unspecified atom stereocenters. The van der Waals surface area contributed by atoms with Crippen LogP contribution in [0.3, 0.4) is 0 Å². The van der Waals surface area contributed by atoms with Gasteiger partial charge in [0.25, 0.3) is 0 Å². The van der Waals surface area contributed by atoms with E-state index in [4.69, 9.17) is 0 Å². The molecule has 12 heteroatoms. The van der Waals surface area contributed by atoms with Crippen molar-refractivity contribution in [2.45, 2.75) is 0 Å². The van der Waals surface area contributed by atoms with Gasteiger partial charge in [0.05, 0.1) is 43.5 Å². The molecule has 6 aliphatic heterocycles. The molecule has 21 aromatic carbocycles. The summed E-state index contributed by atoms with van der Waals surface area (Å²) in [6, 6.07) is 169. The van der Waals surface area contributed by atoms with Crippen molar-refractivity contribution in [3.05, 3.63) is 455 Å². The van der Waals surface area contributed by atoms with Crippen LogP contribution in [0.15, 0.2) is 455 Å². The van der Waals surface area contributed by atoms with Gasteiger partial charge < -0.3 is 28.1 Å². The molecular weight excluding hydrogens is 1730 g/mol. The Morgan fingerprint density at radius 1 is 0.174 bits per heavy atom. The van der Waals surface area contributed by atoms with Crippen molar-refractivity contribution < 1.29 is 0 Å². The van der Waals surface area contributed by atoms with Crippen LogP contribution in [0, 0.1) is 0 Å². The Kier molecular flexibility index (Phi) is 16.3. The molecule has 138 heavy (non-hydrogen) atoms. The van der Waals surface area contributed by atoms with Crippen LogP contribution >= 0.6 is 34.0 Å². The first kappa shape index (κ1) is 76.7. The van der Waals surface area contributed by atoms with Crippen molar-refractivity contribution in [3.63, 3.8) is 0 Å². The molecule has 6 aliphatic rings. The van der Waals surface area contributed by atoms with Gasteiger partial charge in [0.1, 0.15) is 0 Å². The van der Waals surface area contributed by atoms with E-state index < -0.39 is 0 Å². The number of hydrogen-bond donors (Lipinski definition) is 0. The second-order valence-corrected chi connectivity index (χ2v) is 40.6. The summed E-state index contributed by atoms with van der Waals surface area (Å²) in [4.78, 5) is 7.87. The van der Waals surface area contributed by atoms with Gasteiger partial charge in [0.15, 0.2) is 0 Å². The van der Waals surface area contributed by atoms with Crippen LogP contribution < -0.4 is 47.2 Å². The normalized spacial score (nSPS) is 13.1. The monoisotopic (exact) mass is 1800 g/mol. The molecule has 0 spiro atoms. The molecule has 27 aromatic rings. The van der Waals surface area contributed by atoms with Crippen LogP contribution in [0.1, 0.15) is 0 Å². The number of thiophene rings is 3. The van der Waals surface area contributed by atoms with E-state index in [0.717, 1.165) is 0 Å². The van der Waals surface area contributed by atoms with E-state index in [1.807, 2.05) is 34.0 Å². The zero-order valence-electron chi connectivity index (χ0n) is 74.4. The summed E-state index contributed by atoms with van der Waals surface area (Å²) in [6.07, 6.45) is 0. The number of anilines is 6. The second-order valence-electron chi connectivity index (χ2n) is 37.4. The Morgan fingerprint density at radius 3 is 1.06 bits per heavy atom. The summed E-state index contributed by atoms with van der Waals surface area (Å²) in [7, 11) is 0. The van der Waals surface area contributed by atoms with Crippen molar-refractivity contribution >= 4 is 247 Å². The second kappa shape index (κ2) is 29.4. The summed E-state index contributed by atoms with van der Waals surface area (Å²) in [5.74, 6) is 0. The van der Waals surface area contributed by atoms with E-state index in [1.165, 1.54) is 277 Å². The minimum Gasteiger partial charge on any atom is -0.376 e. The SMILES string of the molecule is c1ccc(-n2c3c4c(ccc3c3ccc5c6ccccc6sc5c32)-c2ccccc2B2c3ccccc3-c3ccccc3N24)cc1.c1ccc(-n2c3cc4c(cc3c3c5c(ccc32)N2B(c3ccccc3-c3ccccc32)c2ccccc2-5)sc2ccccc24)cc1.c1ccc(-n2c3cc4c(cc3c3cc5sc6ccccc6c5cc32)-c2ccccc2B2c3ccccc3-c3ccccc3N24)cc1. The van der Waals surface area contributed by atoms with Gasteiger partial charge in [-0.05, 0) is 187 Å². The molecule has 6 nitrogen and oxygen atoms in total. The number of hydrogen-bond acceptors (Lipinski definition) is 6. The highest BCUT2D eigenvalue weighted by Crippen LogP contribution is 2.57. The Hall–Kier alpha value is -16.7. The topological polar surface area (TPSA) is 24.5 Å². The molecule has 0 saturated heterocycles. The molecule has 12 heterocycles. The maximum Gasteiger partial charge on any atom is 0.329 e. The van der Waals surface area contributed by atoms with Crippen molar-refractivity contribution in [2.75, 3.05) is 14.4 Å². The summed E-state index contributed by atoms with van der Waals surface area (Å²) in [5, 5.41) is 15.7. The summed E-state index contributed by atoms with van der Waals surface area (Å²) in [6.45, 7) is 0.259. The Morgan fingerprint density at radius 2 is 0.529 bits per heavy atom. The number of rotatable bonds is 3. The molecule has 636 valence electrons. The van der Waals surface area contributed by atoms with Crippen LogP contribution in [0.5, 0.6) is 0 Å². The van der Waals surface area contributed by atoms with Crippen LogP contribution in [0.4, 0.5) is 34.1 Å². The lowest BCUT2D eigenvalue weighted by atomic mass is 9.43. The lowest BCUT2D eigenvalue weighted by Gasteiger charge is -2.43. The quantitative estimate of drug-likeness (QED) is 0.165. The number of aromatic nitrogens is 3. The molecule has 0 aliphatic carbocycles. The fraction of sp³-hybridized carbons (Fsp3) is 0. The molecule has 0 bridgehead atoms. The van der Waals surface area contributed by atoms with Gasteiger partial charge in [-0.15, -0.1) is 34.0 Å². The molecule has 0 radical (unpaired) electrons. The highest BCUT2D eigenvalue weighted by molar-refractivity contribution is 7.27. The number of benzene rings is 21. The van der Waals surface area contributed by atoms with Gasteiger partial charge in [-0.1, -0.05) is 334 Å². The molecule has 6 aromatic heterocycles. The van der Waals surface area contributed by atoms with E-state index in [2.05, 4.69) is 483 Å². The first-order valence-electron chi connectivity index (χ1n) is 47.7. The predicted molar refractivity (Wildman–Crippen MR) is 594 cm³/mol. The molecule has 0 atom stereocenters. The first-order valence-corrected chi connectivity index (χ1v) is 50.1. The third-order valence-corrected chi connectivity index (χ3v) is 34.0. The van der Waals surface area contributed by atoms with Crippen molar-refractivity contribution in [1.82, 2.24) is 13.7 Å². The van der Waals surface area contributed by atoms with Crippen LogP contribution in [-0.2, 0) is 0 Å². The summed E-state index contributed by atoms with van der Waals surface area (Å²) in [5.41, 5.74) is 42.4. The average molecular weight is 1800 g/mol. The molecule has 0 amide bonds. The Bertz CT molecular complexity index is 9960. The molecular formula is C126H75B3N6S3. The van der Waals surface area contributed by atoms with Gasteiger partial charge in [-0.2, -0.15) is 0 Å². The van der Waals surface area contributed by atoms with Crippen molar-refractivity contribution in [2.24, 2.45) is 0 Å². The van der Waals surface area contributed by atoms with Crippen LogP contribution in [0.25, 0.3) is 210 Å². The van der Waals surface area contributed by atoms with Gasteiger partial charge in [0.2, 0.25) is 0 Å². The van der Waals surface area contributed by atoms with Gasteiger partial charge >= 0.3 is 20.5 Å². The number of nitrogens with zero attached hydrogens (tertiary/aromatic N) is 6. The summed E-state index contributed by atoms with van der Waals surface area (Å²) >= 11 is 5.69. The zero-order valence-corrected chi connectivity index (χ0v) is 76.9. The fourth-order valence-electron chi connectivity index (χ4n) is 25.0. The Labute approximate surface area is 807 Å². The van der Waals surface area contributed by atoms with E-state index >= 15 is 0 Å². The molecule has 0 fully saturated rings. The van der Waals surface area contributed by atoms with Crippen molar-refractivity contribution in [3.8, 4) is 83.8 Å².